The molecule has 1 aliphatic rings. The first kappa shape index (κ1) is 14.7. The molecule has 1 aliphatic heterocycles. The van der Waals surface area contributed by atoms with E-state index in [1.165, 1.54) is 12.1 Å². The van der Waals surface area contributed by atoms with Gasteiger partial charge in [-0.2, -0.15) is 0 Å². The van der Waals surface area contributed by atoms with Crippen molar-refractivity contribution in [2.75, 3.05) is 31.6 Å². The van der Waals surface area contributed by atoms with Crippen molar-refractivity contribution >= 4 is 11.7 Å². The van der Waals surface area contributed by atoms with Gasteiger partial charge in [0.2, 0.25) is 0 Å². The van der Waals surface area contributed by atoms with Gasteiger partial charge in [0.15, 0.2) is 0 Å². The van der Waals surface area contributed by atoms with Crippen LogP contribution in [0.1, 0.15) is 12.8 Å². The molecule has 0 aliphatic carbocycles. The van der Waals surface area contributed by atoms with Crippen LogP contribution in [0.5, 0.6) is 0 Å². The van der Waals surface area contributed by atoms with E-state index in [2.05, 4.69) is 5.32 Å². The van der Waals surface area contributed by atoms with Crippen LogP contribution in [-0.2, 0) is 4.74 Å². The lowest BCUT2D eigenvalue weighted by atomic mass is 10.1. The molecule has 0 aromatic heterocycles. The van der Waals surface area contributed by atoms with E-state index in [1.54, 1.807) is 17.0 Å². The predicted molar refractivity (Wildman–Crippen MR) is 75.0 cm³/mol. The Labute approximate surface area is 117 Å². The summed E-state index contributed by atoms with van der Waals surface area (Å²) >= 11 is 0. The van der Waals surface area contributed by atoms with Crippen molar-refractivity contribution in [1.29, 1.82) is 0 Å². The molecule has 5 nitrogen and oxygen atoms in total. The molecule has 0 unspecified atom stereocenters. The summed E-state index contributed by atoms with van der Waals surface area (Å²) in [4.78, 5) is 13.8. The van der Waals surface area contributed by atoms with Gasteiger partial charge >= 0.3 is 6.03 Å². The van der Waals surface area contributed by atoms with Gasteiger partial charge in [-0.3, -0.25) is 0 Å². The Morgan fingerprint density at radius 1 is 1.35 bits per heavy atom. The summed E-state index contributed by atoms with van der Waals surface area (Å²) in [5, 5.41) is 2.76. The fourth-order valence-corrected chi connectivity index (χ4v) is 2.20. The highest BCUT2D eigenvalue weighted by atomic mass is 19.1. The summed E-state index contributed by atoms with van der Waals surface area (Å²) in [6, 6.07) is 5.58. The molecule has 1 aromatic rings. The highest BCUT2D eigenvalue weighted by Crippen LogP contribution is 2.15. The zero-order chi connectivity index (χ0) is 14.4. The minimum Gasteiger partial charge on any atom is -0.377 e. The molecule has 2 rings (SSSR count). The van der Waals surface area contributed by atoms with Gasteiger partial charge in [0.25, 0.3) is 0 Å². The van der Waals surface area contributed by atoms with Crippen LogP contribution in [0.4, 0.5) is 14.9 Å². The number of likely N-dealkylation sites (tertiary alicyclic amines) is 1. The zero-order valence-corrected chi connectivity index (χ0v) is 11.3. The number of anilines is 1. The average Bonchev–Trinajstić information content (AvgIpc) is 2.48. The summed E-state index contributed by atoms with van der Waals surface area (Å²) in [5.74, 6) is -0.319. The zero-order valence-electron chi connectivity index (χ0n) is 11.3. The number of nitrogens with one attached hydrogen (secondary N) is 1. The van der Waals surface area contributed by atoms with E-state index in [-0.39, 0.29) is 18.0 Å². The topological polar surface area (TPSA) is 67.6 Å². The molecule has 3 N–H and O–H groups in total. The lowest BCUT2D eigenvalue weighted by molar-refractivity contribution is 0.0201. The maximum atomic E-state index is 12.8. The minimum atomic E-state index is -0.319. The SMILES string of the molecule is NCCOC1CCN(C(=O)Nc2ccc(F)cc2)CC1. The van der Waals surface area contributed by atoms with Crippen LogP contribution in [-0.4, -0.2) is 43.3 Å². The standard InChI is InChI=1S/C14H20FN3O2/c15-11-1-3-12(4-2-11)17-14(19)18-8-5-13(6-9-18)20-10-7-16/h1-4,13H,5-10,16H2,(H,17,19). The highest BCUT2D eigenvalue weighted by molar-refractivity contribution is 5.89. The van der Waals surface area contributed by atoms with E-state index in [4.69, 9.17) is 10.5 Å². The average molecular weight is 281 g/mol. The second-order valence-corrected chi connectivity index (χ2v) is 4.78. The van der Waals surface area contributed by atoms with Crippen LogP contribution < -0.4 is 11.1 Å². The van der Waals surface area contributed by atoms with Gasteiger partial charge in [-0.05, 0) is 37.1 Å². The number of halogens is 1. The molecule has 1 heterocycles. The van der Waals surface area contributed by atoms with E-state index >= 15 is 0 Å². The Bertz CT molecular complexity index is 431. The van der Waals surface area contributed by atoms with Gasteiger partial charge in [0.1, 0.15) is 5.82 Å². The molecule has 1 aromatic carbocycles. The third kappa shape index (κ3) is 4.18. The number of urea groups is 1. The molecule has 0 atom stereocenters. The van der Waals surface area contributed by atoms with Crippen LogP contribution in [0.2, 0.25) is 0 Å². The highest BCUT2D eigenvalue weighted by Gasteiger charge is 2.23. The normalized spacial score (nSPS) is 16.2. The van der Waals surface area contributed by atoms with Crippen molar-refractivity contribution < 1.29 is 13.9 Å². The van der Waals surface area contributed by atoms with Crippen molar-refractivity contribution in [2.24, 2.45) is 5.73 Å². The van der Waals surface area contributed by atoms with Crippen LogP contribution in [0, 0.1) is 5.82 Å². The van der Waals surface area contributed by atoms with Crippen LogP contribution in [0.3, 0.4) is 0 Å². The lowest BCUT2D eigenvalue weighted by Gasteiger charge is -2.31. The number of rotatable bonds is 4. The number of carbonyl (C=O) groups is 1. The van der Waals surface area contributed by atoms with Gasteiger partial charge in [0.05, 0.1) is 12.7 Å². The van der Waals surface area contributed by atoms with E-state index in [0.29, 0.717) is 31.9 Å². The molecule has 0 spiro atoms. The number of amides is 2. The summed E-state index contributed by atoms with van der Waals surface area (Å²) in [6.07, 6.45) is 1.82. The molecule has 1 saturated heterocycles. The number of piperidine rings is 1. The quantitative estimate of drug-likeness (QED) is 0.884. The van der Waals surface area contributed by atoms with E-state index in [0.717, 1.165) is 12.8 Å². The number of nitrogens with zero attached hydrogens (tertiary/aromatic N) is 1. The van der Waals surface area contributed by atoms with Crippen molar-refractivity contribution in [1.82, 2.24) is 4.90 Å². The third-order valence-corrected chi connectivity index (χ3v) is 3.30. The number of ether oxygens (including phenoxy) is 1. The Morgan fingerprint density at radius 2 is 2.00 bits per heavy atom. The van der Waals surface area contributed by atoms with Crippen molar-refractivity contribution in [3.63, 3.8) is 0 Å². The van der Waals surface area contributed by atoms with E-state index in [9.17, 15) is 9.18 Å². The fourth-order valence-electron chi connectivity index (χ4n) is 2.20. The molecular weight excluding hydrogens is 261 g/mol. The monoisotopic (exact) mass is 281 g/mol. The van der Waals surface area contributed by atoms with Crippen LogP contribution >= 0.6 is 0 Å². The summed E-state index contributed by atoms with van der Waals surface area (Å²) < 4.78 is 18.3. The number of nitrogens with two attached hydrogens (primary N) is 1. The molecule has 20 heavy (non-hydrogen) atoms. The van der Waals surface area contributed by atoms with E-state index < -0.39 is 0 Å². The van der Waals surface area contributed by atoms with Gasteiger partial charge in [0, 0.05) is 25.3 Å². The van der Waals surface area contributed by atoms with Gasteiger partial charge in [-0.25, -0.2) is 9.18 Å². The Kier molecular flexibility index (Phi) is 5.31. The first-order chi connectivity index (χ1) is 9.69. The minimum absolute atomic E-state index is 0.158. The van der Waals surface area contributed by atoms with Gasteiger partial charge < -0.3 is 20.7 Å². The van der Waals surface area contributed by atoms with Gasteiger partial charge in [-0.1, -0.05) is 0 Å². The fraction of sp³-hybridized carbons (Fsp3) is 0.500. The molecule has 110 valence electrons. The van der Waals surface area contributed by atoms with Crippen LogP contribution in [0.25, 0.3) is 0 Å². The summed E-state index contributed by atoms with van der Waals surface area (Å²) in [5.41, 5.74) is 5.99. The molecule has 1 fully saturated rings. The Balaban J connectivity index is 1.78. The molecule has 0 saturated carbocycles. The molecule has 0 bridgehead atoms. The molecular formula is C14H20FN3O2. The molecule has 6 heteroatoms. The number of benzene rings is 1. The maximum Gasteiger partial charge on any atom is 0.321 e. The number of carbonyl (C=O) groups excluding carboxylic acids is 1. The van der Waals surface area contributed by atoms with Crippen molar-refractivity contribution in [2.45, 2.75) is 18.9 Å². The lowest BCUT2D eigenvalue weighted by Crippen LogP contribution is -2.43. The first-order valence-corrected chi connectivity index (χ1v) is 6.82. The molecule has 0 radical (unpaired) electrons. The third-order valence-electron chi connectivity index (χ3n) is 3.30. The van der Waals surface area contributed by atoms with Crippen LogP contribution in [0.15, 0.2) is 24.3 Å². The van der Waals surface area contributed by atoms with Crippen molar-refractivity contribution in [3.8, 4) is 0 Å². The number of hydrogen-bond donors (Lipinski definition) is 2. The second-order valence-electron chi connectivity index (χ2n) is 4.78. The summed E-state index contributed by atoms with van der Waals surface area (Å²) in [6.45, 7) is 2.39. The largest absolute Gasteiger partial charge is 0.377 e. The smallest absolute Gasteiger partial charge is 0.321 e. The molecule has 2 amide bonds. The Morgan fingerprint density at radius 3 is 2.60 bits per heavy atom. The predicted octanol–water partition coefficient (Wildman–Crippen LogP) is 1.80. The van der Waals surface area contributed by atoms with E-state index in [1.807, 2.05) is 0 Å². The van der Waals surface area contributed by atoms with Crippen molar-refractivity contribution in [3.05, 3.63) is 30.1 Å². The Hall–Kier alpha value is -1.66. The van der Waals surface area contributed by atoms with Gasteiger partial charge in [-0.15, -0.1) is 0 Å². The maximum absolute atomic E-state index is 12.8. The number of hydrogen-bond acceptors (Lipinski definition) is 3. The summed E-state index contributed by atoms with van der Waals surface area (Å²) in [7, 11) is 0. The first-order valence-electron chi connectivity index (χ1n) is 6.82. The second kappa shape index (κ2) is 7.21.